The third kappa shape index (κ3) is 16.0. The van der Waals surface area contributed by atoms with Gasteiger partial charge in [0.15, 0.2) is 10.3 Å². The summed E-state index contributed by atoms with van der Waals surface area (Å²) < 4.78 is 0. The second-order valence-corrected chi connectivity index (χ2v) is 2.21. The summed E-state index contributed by atoms with van der Waals surface area (Å²) in [5.74, 6) is 0. The van der Waals surface area contributed by atoms with Crippen LogP contribution in [0, 0.1) is 0 Å². The van der Waals surface area contributed by atoms with Crippen molar-refractivity contribution in [3.05, 3.63) is 25.6 Å². The molecule has 0 amide bonds. The molecule has 1 rings (SSSR count). The average molecular weight is 204 g/mol. The molecule has 0 atom stereocenters. The Labute approximate surface area is 82.5 Å². The van der Waals surface area contributed by atoms with Crippen molar-refractivity contribution in [2.75, 3.05) is 0 Å². The van der Waals surface area contributed by atoms with Crippen LogP contribution in [0.25, 0.3) is 0 Å². The van der Waals surface area contributed by atoms with Gasteiger partial charge in [-0.1, -0.05) is 0 Å². The van der Waals surface area contributed by atoms with Crippen molar-refractivity contribution >= 4 is 30.0 Å². The number of imidazole rings is 1. The molecule has 0 radical (unpaired) electrons. The van der Waals surface area contributed by atoms with E-state index in [1.807, 2.05) is 0 Å². The van der Waals surface area contributed by atoms with Crippen molar-refractivity contribution in [3.8, 4) is 0 Å². The number of thiocarbonyl (C=S) groups is 1. The first-order valence-corrected chi connectivity index (χ1v) is 3.71. The molecule has 0 unspecified atom stereocenters. The van der Waals surface area contributed by atoms with E-state index in [2.05, 4.69) is 59.4 Å². The van der Waals surface area contributed by atoms with Gasteiger partial charge in [-0.2, -0.15) is 0 Å². The molecule has 4 nitrogen and oxygen atoms in total. The second kappa shape index (κ2) is 9.99. The topological polar surface area (TPSA) is 80.7 Å². The fraction of sp³-hybridized carbons (Fsp3) is 0. The summed E-state index contributed by atoms with van der Waals surface area (Å²) in [5.41, 5.74) is 9.24. The summed E-state index contributed by atoms with van der Waals surface area (Å²) in [6.45, 7) is 6.00. The number of aromatic nitrogens is 2. The molecule has 0 bridgehead atoms. The van der Waals surface area contributed by atoms with E-state index < -0.39 is 0 Å². The van der Waals surface area contributed by atoms with Crippen LogP contribution in [-0.2, 0) is 0 Å². The molecule has 1 aromatic heterocycles. The van der Waals surface area contributed by atoms with Crippen molar-refractivity contribution in [1.29, 1.82) is 0 Å². The minimum Gasteiger partial charge on any atom is -0.377 e. The van der Waals surface area contributed by atoms with Crippen LogP contribution in [0.3, 0.4) is 0 Å². The molecule has 6 heteroatoms. The number of thiol groups is 1. The molecule has 0 saturated carbocycles. The number of hydrogen-bond acceptors (Lipinski definition) is 3. The smallest absolute Gasteiger partial charge is 0.162 e. The molecule has 1 heterocycles. The van der Waals surface area contributed by atoms with Gasteiger partial charge in [-0.25, -0.2) is 4.98 Å². The van der Waals surface area contributed by atoms with Gasteiger partial charge in [0, 0.05) is 12.4 Å². The summed E-state index contributed by atoms with van der Waals surface area (Å²) in [4.78, 5) is 6.48. The van der Waals surface area contributed by atoms with Crippen LogP contribution in [0.4, 0.5) is 0 Å². The highest BCUT2D eigenvalue weighted by atomic mass is 32.1. The first kappa shape index (κ1) is 13.6. The fourth-order valence-corrected chi connectivity index (χ4v) is 0.398. The highest BCUT2D eigenvalue weighted by Gasteiger charge is 1.75. The molecule has 0 aliphatic rings. The van der Waals surface area contributed by atoms with Gasteiger partial charge in [0.1, 0.15) is 0 Å². The Morgan fingerprint density at radius 1 is 1.58 bits per heavy atom. The maximum absolute atomic E-state index is 4.62. The predicted octanol–water partition coefficient (Wildman–Crippen LogP) is 0.689. The minimum absolute atomic E-state index is 0.000000000000000222. The number of aromatic amines is 1. The van der Waals surface area contributed by atoms with E-state index >= 15 is 0 Å². The molecule has 0 saturated heterocycles. The maximum atomic E-state index is 4.62. The van der Waals surface area contributed by atoms with E-state index in [0.717, 1.165) is 0 Å². The lowest BCUT2D eigenvalue weighted by molar-refractivity contribution is 1.07. The number of hydrogen-bond donors (Lipinski definition) is 4. The third-order valence-corrected chi connectivity index (χ3v) is 0.728. The normalized spacial score (nSPS) is 6.75. The molecule has 68 valence electrons. The van der Waals surface area contributed by atoms with Gasteiger partial charge >= 0.3 is 0 Å². The van der Waals surface area contributed by atoms with Gasteiger partial charge in [0.2, 0.25) is 0 Å². The standard InChI is InChI=1S/C3H4N2S.C2H4.CH4N2S/c6-3-4-1-2-5-3;1-2;2-1(3)4/h1-2H,(H2,4,5,6);1-2H2;(H4,2,3,4). The zero-order valence-electron chi connectivity index (χ0n) is 6.53. The summed E-state index contributed by atoms with van der Waals surface area (Å²) in [6.07, 6.45) is 3.38. The summed E-state index contributed by atoms with van der Waals surface area (Å²) >= 11 is 7.96. The van der Waals surface area contributed by atoms with Crippen LogP contribution in [-0.4, -0.2) is 15.1 Å². The monoisotopic (exact) mass is 204 g/mol. The SMILES string of the molecule is C=C.NC(N)=S.Sc1ncc[nH]1. The summed E-state index contributed by atoms with van der Waals surface area (Å²) in [6, 6.07) is 0. The number of H-pyrrole nitrogens is 1. The Morgan fingerprint density at radius 3 is 2.08 bits per heavy atom. The van der Waals surface area contributed by atoms with Gasteiger partial charge in [0.05, 0.1) is 0 Å². The quantitative estimate of drug-likeness (QED) is 0.285. The lowest BCUT2D eigenvalue weighted by Crippen LogP contribution is -2.18. The Balaban J connectivity index is 0. The second-order valence-electron chi connectivity index (χ2n) is 1.32. The maximum Gasteiger partial charge on any atom is 0.162 e. The van der Waals surface area contributed by atoms with E-state index in [1.165, 1.54) is 0 Å². The predicted molar refractivity (Wildman–Crippen MR) is 58.1 cm³/mol. The van der Waals surface area contributed by atoms with Crippen molar-refractivity contribution in [1.82, 2.24) is 9.97 Å². The van der Waals surface area contributed by atoms with Crippen LogP contribution < -0.4 is 11.5 Å². The molecular formula is C6H12N4S2. The summed E-state index contributed by atoms with van der Waals surface area (Å²) in [7, 11) is 0. The fourth-order valence-electron chi connectivity index (χ4n) is 0.257. The molecule has 0 aliphatic carbocycles. The highest BCUT2D eigenvalue weighted by Crippen LogP contribution is 1.89. The minimum atomic E-state index is 0.000000000000000222. The molecule has 12 heavy (non-hydrogen) atoms. The number of nitrogens with one attached hydrogen (secondary N) is 1. The van der Waals surface area contributed by atoms with Gasteiger partial charge in [-0.3, -0.25) is 0 Å². The largest absolute Gasteiger partial charge is 0.377 e. The van der Waals surface area contributed by atoms with Gasteiger partial charge in [-0.05, 0) is 12.2 Å². The molecule has 0 fully saturated rings. The van der Waals surface area contributed by atoms with Gasteiger partial charge in [0.25, 0.3) is 0 Å². The molecule has 1 aromatic rings. The summed E-state index contributed by atoms with van der Waals surface area (Å²) in [5, 5.41) is 0.662. The van der Waals surface area contributed by atoms with E-state index in [1.54, 1.807) is 12.4 Å². The van der Waals surface area contributed by atoms with Crippen LogP contribution in [0.1, 0.15) is 0 Å². The van der Waals surface area contributed by atoms with Crippen LogP contribution in [0.2, 0.25) is 0 Å². The number of nitrogens with two attached hydrogens (primary N) is 2. The van der Waals surface area contributed by atoms with Crippen molar-refractivity contribution in [3.63, 3.8) is 0 Å². The van der Waals surface area contributed by atoms with E-state index in [0.29, 0.717) is 5.16 Å². The Bertz CT molecular complexity index is 193. The lowest BCUT2D eigenvalue weighted by atomic mass is 11.0. The Hall–Kier alpha value is -1.01. The first-order chi connectivity index (χ1) is 5.63. The molecular weight excluding hydrogens is 192 g/mol. The average Bonchev–Trinajstić information content (AvgIpc) is 2.43. The van der Waals surface area contributed by atoms with Crippen molar-refractivity contribution in [2.24, 2.45) is 11.5 Å². The Kier molecular flexibility index (Phi) is 11.3. The van der Waals surface area contributed by atoms with E-state index in [-0.39, 0.29) is 5.11 Å². The van der Waals surface area contributed by atoms with E-state index in [9.17, 15) is 0 Å². The molecule has 0 spiro atoms. The third-order valence-electron chi connectivity index (χ3n) is 0.484. The van der Waals surface area contributed by atoms with E-state index in [4.69, 9.17) is 0 Å². The Morgan fingerprint density at radius 2 is 2.00 bits per heavy atom. The molecule has 5 N–H and O–H groups in total. The van der Waals surface area contributed by atoms with Gasteiger partial charge in [-0.15, -0.1) is 25.8 Å². The first-order valence-electron chi connectivity index (χ1n) is 2.86. The highest BCUT2D eigenvalue weighted by molar-refractivity contribution is 7.80. The van der Waals surface area contributed by atoms with Gasteiger partial charge < -0.3 is 16.5 Å². The zero-order chi connectivity index (χ0) is 9.98. The number of nitrogens with zero attached hydrogens (tertiary/aromatic N) is 1. The number of rotatable bonds is 0. The lowest BCUT2D eigenvalue weighted by Gasteiger charge is -1.68. The zero-order valence-corrected chi connectivity index (χ0v) is 8.24. The molecule has 0 aliphatic heterocycles. The van der Waals surface area contributed by atoms with Crippen molar-refractivity contribution in [2.45, 2.75) is 5.16 Å². The van der Waals surface area contributed by atoms with Crippen LogP contribution in [0.5, 0.6) is 0 Å². The van der Waals surface area contributed by atoms with Crippen molar-refractivity contribution < 1.29 is 0 Å². The molecule has 0 aromatic carbocycles. The van der Waals surface area contributed by atoms with Crippen LogP contribution >= 0.6 is 24.8 Å². The van der Waals surface area contributed by atoms with Crippen LogP contribution in [0.15, 0.2) is 30.7 Å².